The SMILES string of the molecule is CC[N+](CC)=c1ccc2c(/C=C/C=C3/N(CCCCCC(=O)NCCNC(=O)O[C@@H]4[C@H](O)[C@@H](COP(=O)(O)OP(=O)(O)OP(O)(O)=S)O[C@H]4n4cnc5c(=O)[nH]c(N)nc54)c4ccc(S(=O)(=O)O)cc4C3(C)C)c(C)c(-c3ccccc3)oc-2c1. The Morgan fingerprint density at radius 1 is 0.976 bits per heavy atom. The zero-order valence-electron chi connectivity index (χ0n) is 46.5. The fraction of sp³-hybridized carbons (Fsp3) is 0.385. The van der Waals surface area contributed by atoms with E-state index in [2.05, 4.69) is 93.6 Å². The molecule has 8 rings (SSSR count). The van der Waals surface area contributed by atoms with Gasteiger partial charge in [0.15, 0.2) is 23.5 Å². The zero-order valence-corrected chi connectivity index (χ0v) is 50.8. The van der Waals surface area contributed by atoms with Crippen molar-refractivity contribution in [3.05, 3.63) is 123 Å². The molecule has 0 spiro atoms. The maximum absolute atomic E-state index is 13.2. The second kappa shape index (κ2) is 26.4. The number of amides is 2. The van der Waals surface area contributed by atoms with E-state index in [0.717, 1.165) is 74.5 Å². The number of H-pyrrole nitrogens is 1. The maximum atomic E-state index is 13.2. The van der Waals surface area contributed by atoms with Crippen molar-refractivity contribution in [1.82, 2.24) is 34.7 Å². The van der Waals surface area contributed by atoms with Gasteiger partial charge in [-0.2, -0.15) is 17.7 Å². The van der Waals surface area contributed by atoms with Crippen LogP contribution in [-0.4, -0.2) is 127 Å². The number of carbonyl (C=O) groups excluding carboxylic acids is 2. The monoisotopic (exact) mass is 1280 g/mol. The molecule has 0 bridgehead atoms. The first-order valence-corrected chi connectivity index (χ1v) is 33.6. The third-order valence-corrected chi connectivity index (χ3v) is 19.4. The number of ether oxygens (including phenoxy) is 2. The molecule has 3 aliphatic heterocycles. The van der Waals surface area contributed by atoms with Crippen LogP contribution in [0.25, 0.3) is 39.9 Å². The van der Waals surface area contributed by atoms with Crippen LogP contribution >= 0.6 is 22.4 Å². The third-order valence-electron chi connectivity index (χ3n) is 14.2. The van der Waals surface area contributed by atoms with Crippen molar-refractivity contribution in [3.8, 4) is 22.6 Å². The summed E-state index contributed by atoms with van der Waals surface area (Å²) in [6.45, 7) is 6.15. The summed E-state index contributed by atoms with van der Waals surface area (Å²) in [4.78, 5) is 89.1. The number of nitrogens with one attached hydrogen (secondary N) is 3. The van der Waals surface area contributed by atoms with E-state index >= 15 is 0 Å². The Hall–Kier alpha value is -6.30. The number of unbranched alkanes of at least 4 members (excludes halogenated alkanes) is 2. The van der Waals surface area contributed by atoms with E-state index in [1.807, 2.05) is 63.3 Å². The molecule has 2 unspecified atom stereocenters. The first-order valence-electron chi connectivity index (χ1n) is 26.6. The normalized spacial score (nSPS) is 19.8. The van der Waals surface area contributed by atoms with E-state index in [9.17, 15) is 61.2 Å². The number of hydrogen-bond acceptors (Lipinski definition) is 19. The van der Waals surface area contributed by atoms with Crippen molar-refractivity contribution in [3.63, 3.8) is 0 Å². The van der Waals surface area contributed by atoms with Crippen molar-refractivity contribution in [1.29, 1.82) is 0 Å². The number of aromatic nitrogens is 4. The molecular formula is C52H65N9O19P3S2+. The number of alkyl carbamates (subject to hydrolysis) is 1. The van der Waals surface area contributed by atoms with Crippen molar-refractivity contribution in [2.45, 2.75) is 95.2 Å². The van der Waals surface area contributed by atoms with E-state index in [1.165, 1.54) is 12.1 Å². The summed E-state index contributed by atoms with van der Waals surface area (Å²) in [7, 11) is -15.8. The third kappa shape index (κ3) is 15.5. The van der Waals surface area contributed by atoms with Gasteiger partial charge in [-0.3, -0.25) is 28.2 Å². The average molecular weight is 1280 g/mol. The maximum Gasteiger partial charge on any atom is 0.488 e. The van der Waals surface area contributed by atoms with Crippen LogP contribution < -0.4 is 36.8 Å². The van der Waals surface area contributed by atoms with Gasteiger partial charge in [-0.25, -0.2) is 27.8 Å². The number of fused-ring (bicyclic) bond motifs is 3. The fourth-order valence-electron chi connectivity index (χ4n) is 10.1. The minimum atomic E-state index is -5.70. The van der Waals surface area contributed by atoms with Crippen molar-refractivity contribution in [2.75, 3.05) is 50.0 Å². The van der Waals surface area contributed by atoms with E-state index in [-0.39, 0.29) is 47.4 Å². The highest BCUT2D eigenvalue weighted by molar-refractivity contribution is 8.08. The summed E-state index contributed by atoms with van der Waals surface area (Å²) in [6.07, 6.45) is 0.890. The van der Waals surface area contributed by atoms with Crippen molar-refractivity contribution in [2.24, 2.45) is 0 Å². The van der Waals surface area contributed by atoms with Crippen LogP contribution in [0.4, 0.5) is 16.4 Å². The topological polar surface area (TPSA) is 403 Å². The molecule has 0 saturated carbocycles. The number of benzene rings is 3. The molecule has 5 heterocycles. The average Bonchev–Trinajstić information content (AvgIpc) is 1.92. The van der Waals surface area contributed by atoms with Gasteiger partial charge in [-0.1, -0.05) is 62.8 Å². The molecule has 11 N–H and O–H groups in total. The largest absolute Gasteiger partial charge is 0.488 e. The number of carbonyl (C=O) groups is 2. The van der Waals surface area contributed by atoms with Gasteiger partial charge in [0, 0.05) is 65.6 Å². The molecule has 85 heavy (non-hydrogen) atoms. The van der Waals surface area contributed by atoms with Gasteiger partial charge in [0.05, 0.1) is 23.9 Å². The lowest BCUT2D eigenvalue weighted by molar-refractivity contribution is -0.121. The highest BCUT2D eigenvalue weighted by atomic mass is 32.5. The molecule has 2 aromatic heterocycles. The van der Waals surface area contributed by atoms with Gasteiger partial charge in [0.2, 0.25) is 17.2 Å². The molecule has 6 atom stereocenters. The quantitative estimate of drug-likeness (QED) is 0.0159. The lowest BCUT2D eigenvalue weighted by Gasteiger charge is -2.27. The number of anilines is 2. The molecule has 1 fully saturated rings. The molecule has 1 aliphatic carbocycles. The van der Waals surface area contributed by atoms with Gasteiger partial charge < -0.3 is 59.8 Å². The van der Waals surface area contributed by atoms with Crippen LogP contribution in [0, 0.1) is 6.92 Å². The Bertz CT molecular complexity index is 3920. The van der Waals surface area contributed by atoms with Crippen molar-refractivity contribution >= 4 is 85.2 Å². The summed E-state index contributed by atoms with van der Waals surface area (Å²) in [5, 5.41) is 17.5. The number of hydrogen-bond donors (Lipinski definition) is 10. The number of rotatable bonds is 24. The minimum Gasteiger partial charge on any atom is -0.456 e. The molecule has 1 saturated heterocycles. The molecule has 2 amide bonds. The first-order chi connectivity index (χ1) is 40.0. The smallest absolute Gasteiger partial charge is 0.456 e. The van der Waals surface area contributed by atoms with Crippen LogP contribution in [0.15, 0.2) is 105 Å². The van der Waals surface area contributed by atoms with Crippen LogP contribution in [0.3, 0.4) is 0 Å². The van der Waals surface area contributed by atoms with Gasteiger partial charge in [0.1, 0.15) is 36.8 Å². The number of allylic oxidation sites excluding steroid dienone is 3. The molecule has 33 heteroatoms. The summed E-state index contributed by atoms with van der Waals surface area (Å²) in [5.74, 6) is 0.788. The number of nitrogen functional groups attached to an aromatic ring is 1. The standard InChI is InChI=1S/C52H64N9O19P3S2/c1-6-59(7-2)33-20-22-36-35(31(3)45(76-39(36)27-33)32-15-10-8-11-16-32)17-14-18-41-52(4,5)37-28-34(85(72,73)74)21-23-38(37)60(41)26-13-9-12-19-42(62)54-24-25-55-51(65)78-46-44(63)40(29-75-81(66,67)79-82(68,69)80-83(70,71)84)77-49(46)61-30-56-43-47(61)57-50(53)58-48(43)64/h8,10-11,14-18,20-23,27-28,30,40,44,46,49,63H,6-7,9,12-13,19,24-26,29H2,1-5H3,(H9-,53,54,55,57,58,62,64,65,66,67,68,69,70,71,72,73,74,84)/p+1/t40-,44-,46-,49-/m1/s1. The van der Waals surface area contributed by atoms with Gasteiger partial charge in [-0.15, -0.1) is 0 Å². The second-order valence-corrected chi connectivity index (χ2v) is 27.5. The Morgan fingerprint density at radius 3 is 2.39 bits per heavy atom. The van der Waals surface area contributed by atoms with Gasteiger partial charge in [0.25, 0.3) is 15.7 Å². The number of nitrogens with zero attached hydrogens (tertiary/aromatic N) is 5. The fourth-order valence-corrected chi connectivity index (χ4v) is 14.4. The van der Waals surface area contributed by atoms with E-state index in [4.69, 9.17) is 24.1 Å². The van der Waals surface area contributed by atoms with Gasteiger partial charge in [-0.05, 0) is 86.9 Å². The van der Waals surface area contributed by atoms with E-state index in [1.54, 1.807) is 6.07 Å². The van der Waals surface area contributed by atoms with E-state index < -0.39 is 80.7 Å². The number of aromatic amines is 1. The predicted octanol–water partition coefficient (Wildman–Crippen LogP) is 5.32. The van der Waals surface area contributed by atoms with Crippen LogP contribution in [0.1, 0.15) is 76.3 Å². The number of aliphatic hydroxyl groups is 1. The summed E-state index contributed by atoms with van der Waals surface area (Å²) >= 11 is 4.09. The van der Waals surface area contributed by atoms with Crippen LogP contribution in [0.2, 0.25) is 0 Å². The molecule has 0 radical (unpaired) electrons. The Balaban J connectivity index is 0.895. The number of phosphoric acid groups is 2. The van der Waals surface area contributed by atoms with Gasteiger partial charge >= 0.3 is 28.5 Å². The number of nitrogens with two attached hydrogens (primary N) is 1. The Kier molecular flexibility index (Phi) is 20.1. The molecular weight excluding hydrogens is 1210 g/mol. The molecule has 4 aromatic rings. The molecule has 4 aliphatic rings. The highest BCUT2D eigenvalue weighted by Crippen LogP contribution is 2.66. The summed E-state index contributed by atoms with van der Waals surface area (Å²) in [6, 6.07) is 20.7. The molecule has 28 nitrogen and oxygen atoms in total. The first kappa shape index (κ1) is 64.7. The minimum absolute atomic E-state index is 0.0636. The second-order valence-electron chi connectivity index (χ2n) is 20.2. The predicted molar refractivity (Wildman–Crippen MR) is 314 cm³/mol. The Labute approximate surface area is 492 Å². The number of aliphatic hydroxyl groups excluding tert-OH is 1. The lowest BCUT2D eigenvalue weighted by Crippen LogP contribution is -2.41. The van der Waals surface area contributed by atoms with Crippen LogP contribution in [0.5, 0.6) is 0 Å². The molecule has 458 valence electrons. The lowest BCUT2D eigenvalue weighted by atomic mass is 9.83. The number of phosphoric ester groups is 1. The highest BCUT2D eigenvalue weighted by Gasteiger charge is 2.50. The number of imidazole rings is 1. The molecule has 2 aromatic carbocycles. The Morgan fingerprint density at radius 2 is 1.69 bits per heavy atom. The summed E-state index contributed by atoms with van der Waals surface area (Å²) < 4.78 is 93.2. The van der Waals surface area contributed by atoms with E-state index in [0.29, 0.717) is 31.4 Å². The zero-order chi connectivity index (χ0) is 61.8. The summed E-state index contributed by atoms with van der Waals surface area (Å²) in [5.41, 5.74) is 9.92. The van der Waals surface area contributed by atoms with Crippen LogP contribution in [-0.2, 0) is 63.9 Å². The van der Waals surface area contributed by atoms with Crippen molar-refractivity contribution < 1.29 is 83.4 Å².